The van der Waals surface area contributed by atoms with E-state index >= 15 is 0 Å². The van der Waals surface area contributed by atoms with Crippen LogP contribution in [0.1, 0.15) is 117 Å². The smallest absolute Gasteiger partial charge is 0.329 e. The largest absolute Gasteiger partial charge is 0.379 e. The Morgan fingerprint density at radius 3 is 1.71 bits per heavy atom. The van der Waals surface area contributed by atoms with Gasteiger partial charge in [-0.05, 0) is 20.5 Å². The zero-order chi connectivity index (χ0) is 26.2. The number of hydrogen-bond donors (Lipinski definition) is 2. The van der Waals surface area contributed by atoms with Gasteiger partial charge in [-0.25, -0.2) is 0 Å². The second-order valence-corrected chi connectivity index (χ2v) is 12.2. The molecule has 0 bridgehead atoms. The summed E-state index contributed by atoms with van der Waals surface area (Å²) >= 11 is 0. The number of unbranched alkanes of at least 4 members (excludes halogenated alkanes) is 15. The summed E-state index contributed by atoms with van der Waals surface area (Å²) in [6.45, 7) is 5.05. The van der Waals surface area contributed by atoms with E-state index in [1.807, 2.05) is 19.0 Å². The maximum atomic E-state index is 12.1. The fraction of sp³-hybridized carbons (Fsp3) is 0.963. The lowest BCUT2D eigenvalue weighted by molar-refractivity contribution is -0.120. The maximum absolute atomic E-state index is 12.1. The van der Waals surface area contributed by atoms with Crippen molar-refractivity contribution in [2.24, 2.45) is 0 Å². The third-order valence-electron chi connectivity index (χ3n) is 6.18. The van der Waals surface area contributed by atoms with Gasteiger partial charge < -0.3 is 24.4 Å². The molecule has 2 atom stereocenters. The van der Waals surface area contributed by atoms with Gasteiger partial charge in [0.15, 0.2) is 0 Å². The van der Waals surface area contributed by atoms with E-state index in [0.717, 1.165) is 12.8 Å². The molecule has 8 heteroatoms. The maximum Gasteiger partial charge on any atom is 0.329 e. The summed E-state index contributed by atoms with van der Waals surface area (Å²) in [5.74, 6) is -0.203. The molecule has 2 N–H and O–H groups in total. The predicted molar refractivity (Wildman–Crippen MR) is 147 cm³/mol. The molecule has 210 valence electrons. The van der Waals surface area contributed by atoms with Gasteiger partial charge in [0.05, 0.1) is 25.4 Å². The molecule has 35 heavy (non-hydrogen) atoms. The SMILES string of the molecule is CCCCCCCCCCCCCCCCCCOCC(COP(=O)(O)CCN(C)C)NC(C)=O. The Hall–Kier alpha value is -0.460. The zero-order valence-electron chi connectivity index (χ0n) is 23.4. The summed E-state index contributed by atoms with van der Waals surface area (Å²) < 4.78 is 23.0. The number of hydrogen-bond acceptors (Lipinski definition) is 5. The van der Waals surface area contributed by atoms with Crippen LogP contribution in [0.25, 0.3) is 0 Å². The first-order valence-electron chi connectivity index (χ1n) is 14.2. The summed E-state index contributed by atoms with van der Waals surface area (Å²) in [5.41, 5.74) is 0. The van der Waals surface area contributed by atoms with E-state index in [0.29, 0.717) is 13.2 Å². The molecule has 0 aromatic rings. The molecule has 0 aliphatic heterocycles. The highest BCUT2D eigenvalue weighted by atomic mass is 31.2. The van der Waals surface area contributed by atoms with Crippen molar-refractivity contribution in [3.63, 3.8) is 0 Å². The molecule has 0 aromatic heterocycles. The first-order valence-corrected chi connectivity index (χ1v) is 16.0. The lowest BCUT2D eigenvalue weighted by Crippen LogP contribution is -2.40. The van der Waals surface area contributed by atoms with Crippen LogP contribution < -0.4 is 5.32 Å². The van der Waals surface area contributed by atoms with E-state index in [1.165, 1.54) is 96.8 Å². The Bertz CT molecular complexity index is 534. The van der Waals surface area contributed by atoms with E-state index in [9.17, 15) is 14.3 Å². The van der Waals surface area contributed by atoms with Gasteiger partial charge >= 0.3 is 7.60 Å². The predicted octanol–water partition coefficient (Wildman–Crippen LogP) is 6.53. The van der Waals surface area contributed by atoms with Crippen LogP contribution >= 0.6 is 7.60 Å². The first-order chi connectivity index (χ1) is 16.8. The monoisotopic (exact) mass is 520 g/mol. The molecule has 0 spiro atoms. The van der Waals surface area contributed by atoms with E-state index in [4.69, 9.17) is 9.26 Å². The van der Waals surface area contributed by atoms with Crippen LogP contribution in [0.4, 0.5) is 0 Å². The van der Waals surface area contributed by atoms with Gasteiger partial charge in [0, 0.05) is 20.1 Å². The summed E-state index contributed by atoms with van der Waals surface area (Å²) in [4.78, 5) is 23.2. The summed E-state index contributed by atoms with van der Waals surface area (Å²) in [6, 6.07) is -0.423. The van der Waals surface area contributed by atoms with Crippen LogP contribution in [0, 0.1) is 0 Å². The van der Waals surface area contributed by atoms with Crippen molar-refractivity contribution in [3.8, 4) is 0 Å². The molecule has 0 aliphatic rings. The van der Waals surface area contributed by atoms with Crippen molar-refractivity contribution in [2.75, 3.05) is 46.6 Å². The van der Waals surface area contributed by atoms with E-state index in [2.05, 4.69) is 12.2 Å². The topological polar surface area (TPSA) is 88.1 Å². The lowest BCUT2D eigenvalue weighted by atomic mass is 10.0. The lowest BCUT2D eigenvalue weighted by Gasteiger charge is -2.21. The van der Waals surface area contributed by atoms with E-state index in [1.54, 1.807) is 0 Å². The standard InChI is InChI=1S/C27H57N2O5P/c1-5-6-7-8-9-10-11-12-13-14-15-16-17-18-19-20-22-33-24-27(28-26(2)30)25-34-35(31,32)23-21-29(3)4/h27H,5-25H2,1-4H3,(H,28,30)(H,31,32). The first kappa shape index (κ1) is 34.5. The second kappa shape index (κ2) is 23.9. The van der Waals surface area contributed by atoms with Crippen LogP contribution in [-0.4, -0.2) is 68.4 Å². The van der Waals surface area contributed by atoms with Crippen molar-refractivity contribution < 1.29 is 23.5 Å². The molecular weight excluding hydrogens is 463 g/mol. The van der Waals surface area contributed by atoms with Crippen molar-refractivity contribution in [1.29, 1.82) is 0 Å². The highest BCUT2D eigenvalue weighted by Gasteiger charge is 2.22. The molecule has 0 aliphatic carbocycles. The Morgan fingerprint density at radius 1 is 0.829 bits per heavy atom. The molecule has 7 nitrogen and oxygen atoms in total. The number of carbonyl (C=O) groups is 1. The highest BCUT2D eigenvalue weighted by Crippen LogP contribution is 2.41. The molecule has 0 heterocycles. The van der Waals surface area contributed by atoms with Crippen LogP contribution in [0.2, 0.25) is 0 Å². The minimum absolute atomic E-state index is 0.0280. The zero-order valence-corrected chi connectivity index (χ0v) is 24.3. The minimum atomic E-state index is -3.67. The average molecular weight is 521 g/mol. The number of ether oxygens (including phenoxy) is 1. The average Bonchev–Trinajstić information content (AvgIpc) is 2.80. The normalized spacial score (nSPS) is 14.2. The third-order valence-corrected chi connectivity index (χ3v) is 7.49. The van der Waals surface area contributed by atoms with E-state index < -0.39 is 13.6 Å². The fourth-order valence-corrected chi connectivity index (χ4v) is 5.19. The van der Waals surface area contributed by atoms with Gasteiger partial charge in [0.25, 0.3) is 0 Å². The van der Waals surface area contributed by atoms with Gasteiger partial charge in [-0.2, -0.15) is 0 Å². The van der Waals surface area contributed by atoms with Crippen LogP contribution in [0.15, 0.2) is 0 Å². The molecular formula is C27H57N2O5P. The Balaban J connectivity index is 3.62. The molecule has 0 saturated heterocycles. The summed E-state index contributed by atoms with van der Waals surface area (Å²) in [6.07, 6.45) is 21.4. The Morgan fingerprint density at radius 2 is 1.29 bits per heavy atom. The summed E-state index contributed by atoms with van der Waals surface area (Å²) in [5, 5.41) is 2.74. The highest BCUT2D eigenvalue weighted by molar-refractivity contribution is 7.52. The number of carbonyl (C=O) groups excluding carboxylic acids is 1. The molecule has 0 aromatic carbocycles. The quantitative estimate of drug-likeness (QED) is 0.0995. The molecule has 2 unspecified atom stereocenters. The molecule has 1 amide bonds. The van der Waals surface area contributed by atoms with Gasteiger partial charge in [0.1, 0.15) is 0 Å². The Labute approximate surface area is 216 Å². The van der Waals surface area contributed by atoms with Crippen LogP contribution in [-0.2, 0) is 18.6 Å². The number of nitrogens with zero attached hydrogens (tertiary/aromatic N) is 1. The van der Waals surface area contributed by atoms with Crippen LogP contribution in [0.3, 0.4) is 0 Å². The molecule has 0 rings (SSSR count). The molecule has 0 radical (unpaired) electrons. The second-order valence-electron chi connectivity index (χ2n) is 10.2. The number of rotatable bonds is 26. The van der Waals surface area contributed by atoms with Gasteiger partial charge in [-0.15, -0.1) is 0 Å². The molecule has 0 fully saturated rings. The summed E-state index contributed by atoms with van der Waals surface area (Å²) in [7, 11) is 0.00923. The fourth-order valence-electron chi connectivity index (χ4n) is 3.99. The Kier molecular flexibility index (Phi) is 23.6. The van der Waals surface area contributed by atoms with Gasteiger partial charge in [-0.3, -0.25) is 9.36 Å². The van der Waals surface area contributed by atoms with Crippen molar-refractivity contribution in [1.82, 2.24) is 10.2 Å². The number of nitrogens with one attached hydrogen (secondary N) is 1. The van der Waals surface area contributed by atoms with E-state index in [-0.39, 0.29) is 25.3 Å². The van der Waals surface area contributed by atoms with Gasteiger partial charge in [-0.1, -0.05) is 103 Å². The molecule has 0 saturated carbocycles. The number of amides is 1. The van der Waals surface area contributed by atoms with Gasteiger partial charge in [0.2, 0.25) is 5.91 Å². The van der Waals surface area contributed by atoms with Crippen LogP contribution in [0.5, 0.6) is 0 Å². The van der Waals surface area contributed by atoms with Crippen molar-refractivity contribution >= 4 is 13.5 Å². The third kappa shape index (κ3) is 26.4. The van der Waals surface area contributed by atoms with Crippen molar-refractivity contribution in [3.05, 3.63) is 0 Å². The van der Waals surface area contributed by atoms with Crippen molar-refractivity contribution in [2.45, 2.75) is 123 Å². The minimum Gasteiger partial charge on any atom is -0.379 e.